The van der Waals surface area contributed by atoms with Crippen LogP contribution in [0.25, 0.3) is 11.0 Å². The number of halogens is 2. The van der Waals surface area contributed by atoms with Crippen LogP contribution in [0.1, 0.15) is 18.9 Å². The summed E-state index contributed by atoms with van der Waals surface area (Å²) in [6.07, 6.45) is 2.48. The Bertz CT molecular complexity index is 618. The molecule has 0 bridgehead atoms. The molecule has 2 aromatic rings. The van der Waals surface area contributed by atoms with E-state index in [1.807, 2.05) is 13.0 Å². The van der Waals surface area contributed by atoms with Gasteiger partial charge in [0.25, 0.3) is 0 Å². The SMILES string of the molecule is CCCOCn1cnc2c(Cl)nc(Cl)c(C#N)c21. The number of nitriles is 1. The van der Waals surface area contributed by atoms with Crippen LogP contribution >= 0.6 is 23.2 Å². The van der Waals surface area contributed by atoms with Gasteiger partial charge in [-0.25, -0.2) is 9.97 Å². The topological polar surface area (TPSA) is 63.7 Å². The van der Waals surface area contributed by atoms with E-state index in [-0.39, 0.29) is 15.9 Å². The van der Waals surface area contributed by atoms with Crippen LogP contribution in [0.2, 0.25) is 10.3 Å². The van der Waals surface area contributed by atoms with Gasteiger partial charge in [-0.3, -0.25) is 0 Å². The van der Waals surface area contributed by atoms with Crippen molar-refractivity contribution in [2.24, 2.45) is 0 Å². The summed E-state index contributed by atoms with van der Waals surface area (Å²) >= 11 is 11.8. The van der Waals surface area contributed by atoms with E-state index in [2.05, 4.69) is 9.97 Å². The zero-order valence-electron chi connectivity index (χ0n) is 9.65. The van der Waals surface area contributed by atoms with Gasteiger partial charge < -0.3 is 9.30 Å². The molecule has 0 aromatic carbocycles. The summed E-state index contributed by atoms with van der Waals surface area (Å²) in [6.45, 7) is 2.95. The molecule has 0 aliphatic rings. The normalized spacial score (nSPS) is 10.8. The summed E-state index contributed by atoms with van der Waals surface area (Å²) < 4.78 is 7.12. The first kappa shape index (κ1) is 13.1. The van der Waals surface area contributed by atoms with Crippen LogP contribution < -0.4 is 0 Å². The molecule has 94 valence electrons. The van der Waals surface area contributed by atoms with Gasteiger partial charge in [0.2, 0.25) is 0 Å². The molecule has 0 aliphatic heterocycles. The number of aromatic nitrogens is 3. The predicted octanol–water partition coefficient (Wildman–Crippen LogP) is 2.99. The number of fused-ring (bicyclic) bond motifs is 1. The average molecular weight is 285 g/mol. The molecule has 2 aromatic heterocycles. The molecule has 0 amide bonds. The first-order valence-electron chi connectivity index (χ1n) is 5.36. The van der Waals surface area contributed by atoms with Gasteiger partial charge in [0.05, 0.1) is 11.8 Å². The standard InChI is InChI=1S/C11H10Cl2N4O/c1-2-3-18-6-17-5-15-8-9(17)7(4-14)10(12)16-11(8)13/h5H,2-3,6H2,1H3. The summed E-state index contributed by atoms with van der Waals surface area (Å²) in [6, 6.07) is 2.01. The second kappa shape index (κ2) is 5.53. The van der Waals surface area contributed by atoms with Crippen molar-refractivity contribution < 1.29 is 4.74 Å². The van der Waals surface area contributed by atoms with Crippen LogP contribution in [0.3, 0.4) is 0 Å². The molecule has 0 N–H and O–H groups in total. The lowest BCUT2D eigenvalue weighted by molar-refractivity contribution is 0.0800. The van der Waals surface area contributed by atoms with Gasteiger partial charge >= 0.3 is 0 Å². The number of imidazole rings is 1. The van der Waals surface area contributed by atoms with Gasteiger partial charge in [-0.05, 0) is 6.42 Å². The zero-order chi connectivity index (χ0) is 13.1. The second-order valence-electron chi connectivity index (χ2n) is 3.63. The number of hydrogen-bond donors (Lipinski definition) is 0. The Morgan fingerprint density at radius 3 is 2.89 bits per heavy atom. The summed E-state index contributed by atoms with van der Waals surface area (Å²) in [5, 5.41) is 9.38. The van der Waals surface area contributed by atoms with Gasteiger partial charge in [-0.2, -0.15) is 5.26 Å². The Labute approximate surface area is 114 Å². The van der Waals surface area contributed by atoms with Crippen molar-refractivity contribution in [3.05, 3.63) is 22.2 Å². The second-order valence-corrected chi connectivity index (χ2v) is 4.35. The Balaban J connectivity index is 2.53. The molecule has 0 atom stereocenters. The summed E-state index contributed by atoms with van der Waals surface area (Å²) in [7, 11) is 0. The molecule has 0 aliphatic carbocycles. The first-order valence-corrected chi connectivity index (χ1v) is 6.12. The Morgan fingerprint density at radius 2 is 2.22 bits per heavy atom. The minimum absolute atomic E-state index is 0.0761. The number of ether oxygens (including phenoxy) is 1. The van der Waals surface area contributed by atoms with Gasteiger partial charge in [0, 0.05) is 6.61 Å². The largest absolute Gasteiger partial charge is 0.361 e. The molecular formula is C11H10Cl2N4O. The number of hydrogen-bond acceptors (Lipinski definition) is 4. The highest BCUT2D eigenvalue weighted by Crippen LogP contribution is 2.28. The maximum atomic E-state index is 9.12. The molecule has 5 nitrogen and oxygen atoms in total. The van der Waals surface area contributed by atoms with Crippen molar-refractivity contribution in [3.63, 3.8) is 0 Å². The molecular weight excluding hydrogens is 275 g/mol. The molecule has 0 fully saturated rings. The van der Waals surface area contributed by atoms with E-state index in [9.17, 15) is 0 Å². The smallest absolute Gasteiger partial charge is 0.158 e. The van der Waals surface area contributed by atoms with Crippen LogP contribution in [0.4, 0.5) is 0 Å². The van der Waals surface area contributed by atoms with Crippen LogP contribution in [-0.4, -0.2) is 21.1 Å². The fourth-order valence-corrected chi connectivity index (χ4v) is 2.07. The van der Waals surface area contributed by atoms with E-state index < -0.39 is 0 Å². The van der Waals surface area contributed by atoms with E-state index in [1.54, 1.807) is 10.9 Å². The fraction of sp³-hybridized carbons (Fsp3) is 0.364. The van der Waals surface area contributed by atoms with Crippen molar-refractivity contribution in [3.8, 4) is 6.07 Å². The highest BCUT2D eigenvalue weighted by atomic mass is 35.5. The lowest BCUT2D eigenvalue weighted by Gasteiger charge is -2.06. The van der Waals surface area contributed by atoms with Crippen molar-refractivity contribution in [2.75, 3.05) is 6.61 Å². The maximum Gasteiger partial charge on any atom is 0.158 e. The van der Waals surface area contributed by atoms with E-state index in [0.717, 1.165) is 6.42 Å². The van der Waals surface area contributed by atoms with Crippen LogP contribution in [0.15, 0.2) is 6.33 Å². The molecule has 0 saturated heterocycles. The molecule has 2 rings (SSSR count). The molecule has 7 heteroatoms. The van der Waals surface area contributed by atoms with Gasteiger partial charge in [-0.15, -0.1) is 0 Å². The summed E-state index contributed by atoms with van der Waals surface area (Å²) in [5.41, 5.74) is 1.27. The third kappa shape index (κ3) is 2.27. The quantitative estimate of drug-likeness (QED) is 0.640. The monoisotopic (exact) mass is 284 g/mol. The molecule has 2 heterocycles. The summed E-state index contributed by atoms with van der Waals surface area (Å²) in [4.78, 5) is 8.00. The Kier molecular flexibility index (Phi) is 4.02. The molecule has 0 unspecified atom stereocenters. The Morgan fingerprint density at radius 1 is 1.44 bits per heavy atom. The lowest BCUT2D eigenvalue weighted by Crippen LogP contribution is -2.03. The Hall–Kier alpha value is -1.35. The molecule has 0 saturated carbocycles. The summed E-state index contributed by atoms with van der Waals surface area (Å²) in [5.74, 6) is 0. The molecule has 18 heavy (non-hydrogen) atoms. The van der Waals surface area contributed by atoms with Gasteiger partial charge in [0.1, 0.15) is 23.9 Å². The van der Waals surface area contributed by atoms with Crippen LogP contribution in [-0.2, 0) is 11.5 Å². The third-order valence-corrected chi connectivity index (χ3v) is 2.90. The van der Waals surface area contributed by atoms with Crippen molar-refractivity contribution in [2.45, 2.75) is 20.1 Å². The number of pyridine rings is 1. The van der Waals surface area contributed by atoms with Crippen molar-refractivity contribution in [1.29, 1.82) is 5.26 Å². The van der Waals surface area contributed by atoms with Crippen molar-refractivity contribution in [1.82, 2.24) is 14.5 Å². The minimum atomic E-state index is 0.0761. The molecule has 0 spiro atoms. The molecule has 0 radical (unpaired) electrons. The highest BCUT2D eigenvalue weighted by Gasteiger charge is 2.16. The average Bonchev–Trinajstić information content (AvgIpc) is 2.75. The third-order valence-electron chi connectivity index (χ3n) is 2.36. The van der Waals surface area contributed by atoms with E-state index in [0.29, 0.717) is 24.4 Å². The van der Waals surface area contributed by atoms with Crippen LogP contribution in [0, 0.1) is 11.3 Å². The van der Waals surface area contributed by atoms with Crippen molar-refractivity contribution >= 4 is 34.2 Å². The highest BCUT2D eigenvalue weighted by molar-refractivity contribution is 6.36. The number of nitrogens with zero attached hydrogens (tertiary/aromatic N) is 4. The predicted molar refractivity (Wildman–Crippen MR) is 68.5 cm³/mol. The van der Waals surface area contributed by atoms with E-state index in [1.165, 1.54) is 0 Å². The van der Waals surface area contributed by atoms with Crippen LogP contribution in [0.5, 0.6) is 0 Å². The fourth-order valence-electron chi connectivity index (χ4n) is 1.59. The maximum absolute atomic E-state index is 9.12. The van der Waals surface area contributed by atoms with Gasteiger partial charge in [-0.1, -0.05) is 30.1 Å². The first-order chi connectivity index (χ1) is 8.69. The minimum Gasteiger partial charge on any atom is -0.361 e. The number of rotatable bonds is 4. The van der Waals surface area contributed by atoms with Gasteiger partial charge in [0.15, 0.2) is 10.3 Å². The van der Waals surface area contributed by atoms with E-state index >= 15 is 0 Å². The lowest BCUT2D eigenvalue weighted by atomic mass is 10.2. The zero-order valence-corrected chi connectivity index (χ0v) is 11.2. The van der Waals surface area contributed by atoms with E-state index in [4.69, 9.17) is 33.2 Å².